The predicted molar refractivity (Wildman–Crippen MR) is 160 cm³/mol. The van der Waals surface area contributed by atoms with Crippen molar-refractivity contribution >= 4 is 17.7 Å². The minimum atomic E-state index is -1.11. The first-order chi connectivity index (χ1) is 19.9. The Morgan fingerprint density at radius 1 is 1.29 bits per heavy atom. The summed E-state index contributed by atoms with van der Waals surface area (Å²) in [7, 11) is 1.51. The smallest absolute Gasteiger partial charge is 0.146 e. The highest BCUT2D eigenvalue weighted by Gasteiger charge is 2.28. The summed E-state index contributed by atoms with van der Waals surface area (Å²) in [5.41, 5.74) is 3.02. The number of allylic oxidation sites excluding steroid dienone is 2. The molecule has 0 aromatic heterocycles. The standard InChI is InChI=1S/C31H45FN6O3/c1-23(39)29(36-31-28(19-33-22-38(31)40)24-9-4-3-5-10-24)15-18-37(20-26(32)21-41-2)17-7-6-12-27-14-13-25-11-8-16-34-30(25)35-27/h3-5,9-10,13-14,19,22,26-27,29,31,34-36,40H,6-8,11-12,15-18,20-21H2,1-2H3/t26-,27?,29-,31?/m0/s1. The molecular formula is C31H45FN6O3. The van der Waals surface area contributed by atoms with Crippen molar-refractivity contribution in [2.75, 3.05) is 39.9 Å². The number of dihydropyridines is 1. The molecule has 10 heteroatoms. The van der Waals surface area contributed by atoms with E-state index in [0.29, 0.717) is 19.0 Å². The summed E-state index contributed by atoms with van der Waals surface area (Å²) >= 11 is 0. The summed E-state index contributed by atoms with van der Waals surface area (Å²) in [5, 5.41) is 22.0. The van der Waals surface area contributed by atoms with Crippen molar-refractivity contribution in [2.24, 2.45) is 4.99 Å². The van der Waals surface area contributed by atoms with Gasteiger partial charge in [0, 0.05) is 44.6 Å². The number of aliphatic imine (C=N–C) groups is 1. The van der Waals surface area contributed by atoms with E-state index in [0.717, 1.165) is 55.0 Å². The quantitative estimate of drug-likeness (QED) is 0.225. The van der Waals surface area contributed by atoms with Crippen LogP contribution in [0.25, 0.3) is 5.57 Å². The number of nitrogens with one attached hydrogen (secondary N) is 3. The number of hydrogen-bond acceptors (Lipinski definition) is 9. The zero-order chi connectivity index (χ0) is 29.0. The highest BCUT2D eigenvalue weighted by atomic mass is 19.1. The monoisotopic (exact) mass is 568 g/mol. The topological polar surface area (TPSA) is 101 Å². The molecule has 9 nitrogen and oxygen atoms in total. The van der Waals surface area contributed by atoms with Gasteiger partial charge in [0.05, 0.1) is 12.6 Å². The Hall–Kier alpha value is -3.05. The lowest BCUT2D eigenvalue weighted by molar-refractivity contribution is -0.120. The van der Waals surface area contributed by atoms with Crippen molar-refractivity contribution in [1.82, 2.24) is 25.9 Å². The van der Waals surface area contributed by atoms with Gasteiger partial charge in [0.25, 0.3) is 0 Å². The summed E-state index contributed by atoms with van der Waals surface area (Å²) in [6, 6.07) is 9.42. The number of methoxy groups -OCH3 is 1. The molecule has 0 saturated carbocycles. The number of benzene rings is 1. The lowest BCUT2D eigenvalue weighted by atomic mass is 9.99. The zero-order valence-electron chi connectivity index (χ0n) is 24.3. The summed E-state index contributed by atoms with van der Waals surface area (Å²) in [5.74, 6) is 1.13. The summed E-state index contributed by atoms with van der Waals surface area (Å²) in [6.07, 6.45) is 11.5. The molecule has 4 rings (SSSR count). The van der Waals surface area contributed by atoms with Gasteiger partial charge in [0.2, 0.25) is 0 Å². The van der Waals surface area contributed by atoms with Crippen LogP contribution in [0.4, 0.5) is 4.39 Å². The largest absolute Gasteiger partial charge is 0.382 e. The molecule has 0 spiro atoms. The van der Waals surface area contributed by atoms with E-state index < -0.39 is 18.4 Å². The van der Waals surface area contributed by atoms with Crippen LogP contribution in [0.15, 0.2) is 65.1 Å². The van der Waals surface area contributed by atoms with Gasteiger partial charge in [-0.15, -0.1) is 0 Å². The number of hydroxylamine groups is 2. The maximum absolute atomic E-state index is 14.6. The molecule has 0 fully saturated rings. The Labute approximate surface area is 243 Å². The summed E-state index contributed by atoms with van der Waals surface area (Å²) < 4.78 is 19.7. The Bertz CT molecular complexity index is 1110. The Morgan fingerprint density at radius 3 is 2.90 bits per heavy atom. The van der Waals surface area contributed by atoms with E-state index in [9.17, 15) is 14.4 Å². The van der Waals surface area contributed by atoms with Crippen molar-refractivity contribution < 1.29 is 19.1 Å². The van der Waals surface area contributed by atoms with E-state index in [1.165, 1.54) is 31.3 Å². The molecule has 0 aliphatic carbocycles. The molecule has 41 heavy (non-hydrogen) atoms. The van der Waals surface area contributed by atoms with Crippen LogP contribution in [-0.2, 0) is 9.53 Å². The third-order valence-corrected chi connectivity index (χ3v) is 7.80. The van der Waals surface area contributed by atoms with E-state index in [1.807, 2.05) is 30.3 Å². The fourth-order valence-electron chi connectivity index (χ4n) is 5.58. The number of carbonyl (C=O) groups is 1. The van der Waals surface area contributed by atoms with Crippen molar-refractivity contribution in [3.05, 3.63) is 65.6 Å². The number of ketones is 1. The lowest BCUT2D eigenvalue weighted by Gasteiger charge is -2.33. The SMILES string of the molecule is COC[C@@H](F)CN(CCCCC1C=CC2=C(NCCC2)N1)CC[C@H](NC1C(c2ccccc2)=CN=CN1O)C(C)=O. The molecule has 0 bridgehead atoms. The number of rotatable bonds is 16. The van der Waals surface area contributed by atoms with Crippen LogP contribution in [0, 0.1) is 0 Å². The van der Waals surface area contributed by atoms with Crippen LogP contribution < -0.4 is 16.0 Å². The summed E-state index contributed by atoms with van der Waals surface area (Å²) in [6.45, 7) is 4.12. The molecule has 3 heterocycles. The van der Waals surface area contributed by atoms with Crippen molar-refractivity contribution in [2.45, 2.75) is 69.9 Å². The first-order valence-electron chi connectivity index (χ1n) is 14.7. The second kappa shape index (κ2) is 15.8. The van der Waals surface area contributed by atoms with Gasteiger partial charge in [-0.1, -0.05) is 42.5 Å². The van der Waals surface area contributed by atoms with E-state index in [4.69, 9.17) is 4.74 Å². The van der Waals surface area contributed by atoms with Crippen LogP contribution in [0.1, 0.15) is 51.0 Å². The highest BCUT2D eigenvalue weighted by molar-refractivity contribution is 5.82. The minimum absolute atomic E-state index is 0.0397. The Balaban J connectivity index is 1.31. The second-order valence-electron chi connectivity index (χ2n) is 11.0. The number of carbonyl (C=O) groups excluding carboxylic acids is 1. The number of nitrogens with zero attached hydrogens (tertiary/aromatic N) is 3. The number of hydrogen-bond donors (Lipinski definition) is 4. The number of Topliss-reactive ketones (excluding diaryl/α,β-unsaturated/α-hetero) is 1. The van der Waals surface area contributed by atoms with Gasteiger partial charge in [-0.2, -0.15) is 0 Å². The zero-order valence-corrected chi connectivity index (χ0v) is 24.3. The molecule has 0 saturated heterocycles. The third-order valence-electron chi connectivity index (χ3n) is 7.80. The average Bonchev–Trinajstić information content (AvgIpc) is 2.98. The van der Waals surface area contributed by atoms with Crippen LogP contribution in [0.3, 0.4) is 0 Å². The molecule has 1 aromatic carbocycles. The summed E-state index contributed by atoms with van der Waals surface area (Å²) in [4.78, 5) is 18.9. The Kier molecular flexibility index (Phi) is 11.9. The lowest BCUT2D eigenvalue weighted by Crippen LogP contribution is -2.52. The van der Waals surface area contributed by atoms with E-state index in [1.54, 1.807) is 13.1 Å². The first kappa shape index (κ1) is 30.9. The normalized spacial score (nSPS) is 21.7. The van der Waals surface area contributed by atoms with Gasteiger partial charge in [0.1, 0.15) is 30.3 Å². The maximum Gasteiger partial charge on any atom is 0.146 e. The minimum Gasteiger partial charge on any atom is -0.382 e. The van der Waals surface area contributed by atoms with Gasteiger partial charge in [-0.25, -0.2) is 14.4 Å². The van der Waals surface area contributed by atoms with Gasteiger partial charge in [0.15, 0.2) is 0 Å². The van der Waals surface area contributed by atoms with Crippen LogP contribution >= 0.6 is 0 Å². The van der Waals surface area contributed by atoms with Crippen LogP contribution in [0.2, 0.25) is 0 Å². The van der Waals surface area contributed by atoms with Gasteiger partial charge in [-0.3, -0.25) is 15.3 Å². The van der Waals surface area contributed by atoms with E-state index in [-0.39, 0.29) is 18.9 Å². The number of alkyl halides is 1. The molecule has 4 atom stereocenters. The molecular weight excluding hydrogens is 523 g/mol. The Morgan fingerprint density at radius 2 is 2.12 bits per heavy atom. The molecule has 224 valence electrons. The average molecular weight is 569 g/mol. The van der Waals surface area contributed by atoms with Gasteiger partial charge < -0.3 is 20.3 Å². The van der Waals surface area contributed by atoms with Crippen molar-refractivity contribution in [3.8, 4) is 0 Å². The van der Waals surface area contributed by atoms with Gasteiger partial charge in [-0.05, 0) is 63.1 Å². The number of halogens is 1. The van der Waals surface area contributed by atoms with Crippen LogP contribution in [-0.4, -0.2) is 91.6 Å². The molecule has 0 amide bonds. The molecule has 3 aliphatic heterocycles. The van der Waals surface area contributed by atoms with Gasteiger partial charge >= 0.3 is 0 Å². The molecule has 4 N–H and O–H groups in total. The fraction of sp³-hybridized carbons (Fsp3) is 0.548. The molecule has 1 aromatic rings. The second-order valence-corrected chi connectivity index (χ2v) is 11.0. The van der Waals surface area contributed by atoms with Crippen molar-refractivity contribution in [3.63, 3.8) is 0 Å². The predicted octanol–water partition coefficient (Wildman–Crippen LogP) is 3.60. The number of ether oxygens (including phenoxy) is 1. The van der Waals surface area contributed by atoms with Crippen molar-refractivity contribution in [1.29, 1.82) is 0 Å². The molecule has 2 unspecified atom stereocenters. The maximum atomic E-state index is 14.6. The first-order valence-corrected chi connectivity index (χ1v) is 14.7. The molecule has 0 radical (unpaired) electrons. The number of unbranched alkanes of at least 4 members (excludes halogenated alkanes) is 1. The van der Waals surface area contributed by atoms with E-state index in [2.05, 4.69) is 38.0 Å². The third kappa shape index (κ3) is 9.22. The fourth-order valence-corrected chi connectivity index (χ4v) is 5.58. The van der Waals surface area contributed by atoms with Crippen LogP contribution in [0.5, 0.6) is 0 Å². The highest BCUT2D eigenvalue weighted by Crippen LogP contribution is 2.24. The van der Waals surface area contributed by atoms with E-state index >= 15 is 0 Å². The molecule has 3 aliphatic rings.